The number of hydrogen-bond donors (Lipinski definition) is 2. The van der Waals surface area contributed by atoms with E-state index in [1.54, 1.807) is 0 Å². The summed E-state index contributed by atoms with van der Waals surface area (Å²) in [5.74, 6) is -0.295. The quantitative estimate of drug-likeness (QED) is 0.348. The number of aromatic nitrogens is 1. The summed E-state index contributed by atoms with van der Waals surface area (Å²) in [5.41, 5.74) is 5.15. The molecule has 6 heteroatoms. The Morgan fingerprint density at radius 3 is 2.55 bits per heavy atom. The maximum atomic E-state index is 12.2. The molecule has 2 heterocycles. The van der Waals surface area contributed by atoms with Crippen molar-refractivity contribution in [2.24, 2.45) is 0 Å². The van der Waals surface area contributed by atoms with Gasteiger partial charge in [-0.3, -0.25) is 0 Å². The molecule has 0 aliphatic heterocycles. The van der Waals surface area contributed by atoms with E-state index < -0.39 is 5.97 Å². The molecule has 2 N–H and O–H groups in total. The van der Waals surface area contributed by atoms with Crippen molar-refractivity contribution in [3.63, 3.8) is 0 Å². The number of thiophene rings is 1. The average molecular weight is 421 g/mol. The van der Waals surface area contributed by atoms with E-state index in [2.05, 4.69) is 34.6 Å². The number of carbonyl (C=O) groups is 1. The number of nitrogens with one attached hydrogen (secondary N) is 1. The van der Waals surface area contributed by atoms with Crippen LogP contribution in [0.25, 0.3) is 10.2 Å². The standard InChI is InChI=1S/C23H20N2O2S2/c1-15-7-9-16(10-8-15)13-24-20-19(23(26)27)22(25-18-11-12-28-21(18)20)29-14-17-5-3-2-4-6-17/h2-12H,13-14H2,1H3,(H,24,25)(H,26,27). The van der Waals surface area contributed by atoms with Gasteiger partial charge in [-0.25, -0.2) is 9.78 Å². The maximum Gasteiger partial charge on any atom is 0.340 e. The molecule has 146 valence electrons. The number of benzene rings is 2. The largest absolute Gasteiger partial charge is 0.478 e. The van der Waals surface area contributed by atoms with Crippen molar-refractivity contribution < 1.29 is 9.90 Å². The number of aryl methyl sites for hydroxylation is 1. The Morgan fingerprint density at radius 2 is 1.83 bits per heavy atom. The Labute approximate surface area is 177 Å². The highest BCUT2D eigenvalue weighted by molar-refractivity contribution is 7.98. The van der Waals surface area contributed by atoms with Crippen molar-refractivity contribution in [2.75, 3.05) is 5.32 Å². The van der Waals surface area contributed by atoms with Crippen molar-refractivity contribution in [2.45, 2.75) is 24.2 Å². The topological polar surface area (TPSA) is 62.2 Å². The summed E-state index contributed by atoms with van der Waals surface area (Å²) in [6.45, 7) is 2.61. The summed E-state index contributed by atoms with van der Waals surface area (Å²) >= 11 is 2.97. The Kier molecular flexibility index (Phi) is 5.83. The minimum absolute atomic E-state index is 0.244. The van der Waals surface area contributed by atoms with Crippen LogP contribution in [0.2, 0.25) is 0 Å². The number of carboxylic acids is 1. The number of fused-ring (bicyclic) bond motifs is 1. The molecule has 0 saturated carbocycles. The summed E-state index contributed by atoms with van der Waals surface area (Å²) in [6.07, 6.45) is 0. The van der Waals surface area contributed by atoms with Crippen molar-refractivity contribution in [3.05, 3.63) is 88.3 Å². The third-order valence-electron chi connectivity index (χ3n) is 4.58. The molecule has 0 saturated heterocycles. The lowest BCUT2D eigenvalue weighted by Gasteiger charge is -2.14. The molecule has 2 aromatic carbocycles. The summed E-state index contributed by atoms with van der Waals surface area (Å²) in [6, 6.07) is 20.2. The Bertz CT molecular complexity index is 1140. The highest BCUT2D eigenvalue weighted by atomic mass is 32.2. The van der Waals surface area contributed by atoms with Gasteiger partial charge in [0.15, 0.2) is 0 Å². The number of aromatic carboxylic acids is 1. The van der Waals surface area contributed by atoms with Crippen molar-refractivity contribution >= 4 is 45.0 Å². The van der Waals surface area contributed by atoms with E-state index in [0.29, 0.717) is 23.0 Å². The van der Waals surface area contributed by atoms with Gasteiger partial charge in [-0.2, -0.15) is 0 Å². The van der Waals surface area contributed by atoms with Gasteiger partial charge in [0.2, 0.25) is 0 Å². The van der Waals surface area contributed by atoms with Gasteiger partial charge in [-0.05, 0) is 29.5 Å². The van der Waals surface area contributed by atoms with Gasteiger partial charge in [0.05, 0.1) is 15.9 Å². The lowest BCUT2D eigenvalue weighted by molar-refractivity contribution is 0.0693. The van der Waals surface area contributed by atoms with E-state index in [0.717, 1.165) is 21.3 Å². The zero-order valence-electron chi connectivity index (χ0n) is 15.9. The fraction of sp³-hybridized carbons (Fsp3) is 0.130. The van der Waals surface area contributed by atoms with Crippen molar-refractivity contribution in [3.8, 4) is 0 Å². The van der Waals surface area contributed by atoms with Gasteiger partial charge in [-0.15, -0.1) is 23.1 Å². The third-order valence-corrected chi connectivity index (χ3v) is 6.55. The van der Waals surface area contributed by atoms with Gasteiger partial charge in [0.25, 0.3) is 0 Å². The summed E-state index contributed by atoms with van der Waals surface area (Å²) in [4.78, 5) is 16.8. The number of carboxylic acid groups (broad SMARTS) is 1. The molecule has 0 aliphatic carbocycles. The third kappa shape index (κ3) is 4.44. The molecule has 29 heavy (non-hydrogen) atoms. The van der Waals surface area contributed by atoms with Gasteiger partial charge in [0, 0.05) is 12.3 Å². The van der Waals surface area contributed by atoms with Crippen LogP contribution in [0.5, 0.6) is 0 Å². The van der Waals surface area contributed by atoms with Crippen LogP contribution in [-0.4, -0.2) is 16.1 Å². The molecule has 0 fully saturated rings. The van der Waals surface area contributed by atoms with Gasteiger partial charge < -0.3 is 10.4 Å². The van der Waals surface area contributed by atoms with E-state index in [-0.39, 0.29) is 5.56 Å². The minimum Gasteiger partial charge on any atom is -0.478 e. The van der Waals surface area contributed by atoms with Gasteiger partial charge in [-0.1, -0.05) is 60.2 Å². The smallest absolute Gasteiger partial charge is 0.340 e. The predicted molar refractivity (Wildman–Crippen MR) is 121 cm³/mol. The second kappa shape index (κ2) is 8.68. The van der Waals surface area contributed by atoms with Crippen LogP contribution in [0.1, 0.15) is 27.0 Å². The highest BCUT2D eigenvalue weighted by Crippen LogP contribution is 2.37. The number of rotatable bonds is 7. The summed E-state index contributed by atoms with van der Waals surface area (Å²) < 4.78 is 0.874. The van der Waals surface area contributed by atoms with Crippen LogP contribution in [0.4, 0.5) is 5.69 Å². The fourth-order valence-corrected chi connectivity index (χ4v) is 4.91. The first-order valence-electron chi connectivity index (χ1n) is 9.22. The zero-order chi connectivity index (χ0) is 20.2. The van der Waals surface area contributed by atoms with Crippen LogP contribution >= 0.6 is 23.1 Å². The maximum absolute atomic E-state index is 12.2. The van der Waals surface area contributed by atoms with Gasteiger partial charge >= 0.3 is 5.97 Å². The molecule has 0 spiro atoms. The molecular weight excluding hydrogens is 400 g/mol. The molecule has 0 radical (unpaired) electrons. The number of hydrogen-bond acceptors (Lipinski definition) is 5. The first-order valence-corrected chi connectivity index (χ1v) is 11.1. The Balaban J connectivity index is 1.69. The molecule has 2 aromatic heterocycles. The van der Waals surface area contributed by atoms with E-state index in [9.17, 15) is 9.90 Å². The lowest BCUT2D eigenvalue weighted by atomic mass is 10.1. The first-order chi connectivity index (χ1) is 14.1. The Morgan fingerprint density at radius 1 is 1.07 bits per heavy atom. The van der Waals surface area contributed by atoms with E-state index in [4.69, 9.17) is 0 Å². The molecule has 4 aromatic rings. The highest BCUT2D eigenvalue weighted by Gasteiger charge is 2.22. The van der Waals surface area contributed by atoms with Crippen LogP contribution in [0, 0.1) is 6.92 Å². The van der Waals surface area contributed by atoms with Crippen LogP contribution in [-0.2, 0) is 12.3 Å². The summed E-state index contributed by atoms with van der Waals surface area (Å²) in [5, 5.41) is 15.9. The summed E-state index contributed by atoms with van der Waals surface area (Å²) in [7, 11) is 0. The predicted octanol–water partition coefficient (Wildman–Crippen LogP) is 6.21. The monoisotopic (exact) mass is 420 g/mol. The molecular formula is C23H20N2O2S2. The normalized spacial score (nSPS) is 10.9. The van der Waals surface area contributed by atoms with Gasteiger partial charge in [0.1, 0.15) is 10.6 Å². The number of pyridine rings is 1. The first kappa shape index (κ1) is 19.5. The van der Waals surface area contributed by atoms with Crippen LogP contribution in [0.15, 0.2) is 71.1 Å². The second-order valence-electron chi connectivity index (χ2n) is 6.72. The molecule has 4 rings (SSSR count). The van der Waals surface area contributed by atoms with E-state index >= 15 is 0 Å². The number of anilines is 1. The molecule has 4 nitrogen and oxygen atoms in total. The zero-order valence-corrected chi connectivity index (χ0v) is 17.5. The number of thioether (sulfide) groups is 1. The SMILES string of the molecule is Cc1ccc(CNc2c(C(=O)O)c(SCc3ccccc3)nc3ccsc23)cc1. The average Bonchev–Trinajstić information content (AvgIpc) is 3.20. The molecule has 0 atom stereocenters. The van der Waals surface area contributed by atoms with Crippen molar-refractivity contribution in [1.82, 2.24) is 4.98 Å². The minimum atomic E-state index is -0.963. The van der Waals surface area contributed by atoms with Crippen LogP contribution in [0.3, 0.4) is 0 Å². The Hall–Kier alpha value is -2.83. The van der Waals surface area contributed by atoms with E-state index in [1.807, 2.05) is 48.7 Å². The van der Waals surface area contributed by atoms with Crippen molar-refractivity contribution in [1.29, 1.82) is 0 Å². The fourth-order valence-electron chi connectivity index (χ4n) is 3.06. The van der Waals surface area contributed by atoms with Crippen LogP contribution < -0.4 is 5.32 Å². The molecule has 0 bridgehead atoms. The lowest BCUT2D eigenvalue weighted by Crippen LogP contribution is -2.09. The van der Waals surface area contributed by atoms with E-state index in [1.165, 1.54) is 28.7 Å². The molecule has 0 aliphatic rings. The number of nitrogens with zero attached hydrogens (tertiary/aromatic N) is 1. The second-order valence-corrected chi connectivity index (χ2v) is 8.60. The molecule has 0 unspecified atom stereocenters. The molecule has 0 amide bonds.